The third-order valence-corrected chi connectivity index (χ3v) is 10.5. The van der Waals surface area contributed by atoms with Crippen LogP contribution in [0, 0.1) is 23.2 Å². The maximum atomic E-state index is 13.0. The Morgan fingerprint density at radius 1 is 1.14 bits per heavy atom. The van der Waals surface area contributed by atoms with Crippen LogP contribution in [0.3, 0.4) is 0 Å². The minimum absolute atomic E-state index is 0.136. The van der Waals surface area contributed by atoms with E-state index in [0.717, 1.165) is 24.2 Å². The number of morpholine rings is 1. The molecule has 0 unspecified atom stereocenters. The summed E-state index contributed by atoms with van der Waals surface area (Å²) in [4.78, 5) is 13.3. The van der Waals surface area contributed by atoms with Gasteiger partial charge in [-0.05, 0) is 79.6 Å². The van der Waals surface area contributed by atoms with E-state index in [-0.39, 0.29) is 10.8 Å². The molecule has 0 aromatic carbocycles. The molecule has 4 aliphatic carbocycles. The van der Waals surface area contributed by atoms with Gasteiger partial charge in [0.2, 0.25) is 10.0 Å². The number of hydrogen-bond acceptors (Lipinski definition) is 5. The van der Waals surface area contributed by atoms with Gasteiger partial charge >= 0.3 is 0 Å². The second-order valence-electron chi connectivity index (χ2n) is 9.55. The van der Waals surface area contributed by atoms with Crippen molar-refractivity contribution < 1.29 is 17.9 Å². The highest BCUT2D eigenvalue weighted by atomic mass is 32.2. The molecule has 5 fully saturated rings. The number of amides is 1. The number of thiophene rings is 1. The molecular formula is C21H30N2O4S2. The fourth-order valence-electron chi connectivity index (χ4n) is 6.71. The van der Waals surface area contributed by atoms with Gasteiger partial charge in [-0.3, -0.25) is 4.79 Å². The van der Waals surface area contributed by atoms with Gasteiger partial charge in [0.15, 0.2) is 0 Å². The summed E-state index contributed by atoms with van der Waals surface area (Å²) in [6, 6.07) is 1.56. The van der Waals surface area contributed by atoms with E-state index >= 15 is 0 Å². The van der Waals surface area contributed by atoms with Crippen molar-refractivity contribution in [1.82, 2.24) is 9.62 Å². The van der Waals surface area contributed by atoms with E-state index in [9.17, 15) is 13.2 Å². The lowest BCUT2D eigenvalue weighted by Gasteiger charge is -2.57. The molecule has 160 valence electrons. The Labute approximate surface area is 177 Å². The minimum atomic E-state index is -3.65. The first-order valence-electron chi connectivity index (χ1n) is 10.9. The van der Waals surface area contributed by atoms with Gasteiger partial charge in [0.05, 0.1) is 13.2 Å². The number of nitrogens with one attached hydrogen (secondary N) is 1. The molecule has 29 heavy (non-hydrogen) atoms. The molecule has 0 radical (unpaired) electrons. The Morgan fingerprint density at radius 2 is 1.76 bits per heavy atom. The van der Waals surface area contributed by atoms with Gasteiger partial charge in [-0.15, -0.1) is 11.3 Å². The van der Waals surface area contributed by atoms with Crippen LogP contribution in [0.4, 0.5) is 0 Å². The number of ether oxygens (including phenoxy) is 1. The summed E-state index contributed by atoms with van der Waals surface area (Å²) >= 11 is 1.21. The van der Waals surface area contributed by atoms with Crippen LogP contribution in [-0.4, -0.2) is 51.5 Å². The molecule has 4 bridgehead atoms. The van der Waals surface area contributed by atoms with E-state index in [4.69, 9.17) is 4.74 Å². The van der Waals surface area contributed by atoms with Crippen LogP contribution in [0.15, 0.2) is 16.3 Å². The van der Waals surface area contributed by atoms with Gasteiger partial charge in [0.25, 0.3) is 5.91 Å². The maximum absolute atomic E-state index is 13.0. The van der Waals surface area contributed by atoms with E-state index in [1.807, 2.05) is 0 Å². The number of hydrogen-bond donors (Lipinski definition) is 1. The molecule has 5 aliphatic rings. The van der Waals surface area contributed by atoms with Crippen LogP contribution in [0.25, 0.3) is 0 Å². The fraction of sp³-hybridized carbons (Fsp3) is 0.762. The highest BCUT2D eigenvalue weighted by Gasteiger charge is 2.50. The summed E-state index contributed by atoms with van der Waals surface area (Å²) in [5.74, 6) is 2.45. The van der Waals surface area contributed by atoms with Crippen molar-refractivity contribution in [3.63, 3.8) is 0 Å². The molecule has 4 saturated carbocycles. The number of carbonyl (C=O) groups excluding carboxylic acids is 1. The zero-order chi connectivity index (χ0) is 20.1. The van der Waals surface area contributed by atoms with Crippen molar-refractivity contribution in [3.05, 3.63) is 16.3 Å². The van der Waals surface area contributed by atoms with Crippen molar-refractivity contribution >= 4 is 27.3 Å². The molecular weight excluding hydrogens is 408 g/mol. The van der Waals surface area contributed by atoms with E-state index < -0.39 is 10.0 Å². The van der Waals surface area contributed by atoms with Gasteiger partial charge in [0.1, 0.15) is 9.77 Å². The Kier molecular flexibility index (Phi) is 5.25. The molecule has 1 N–H and O–H groups in total. The highest BCUT2D eigenvalue weighted by molar-refractivity contribution is 7.89. The predicted molar refractivity (Wildman–Crippen MR) is 111 cm³/mol. The molecule has 6 rings (SSSR count). The quantitative estimate of drug-likeness (QED) is 0.741. The van der Waals surface area contributed by atoms with E-state index in [1.165, 1.54) is 54.2 Å². The van der Waals surface area contributed by atoms with Crippen LogP contribution < -0.4 is 5.32 Å². The average molecular weight is 439 g/mol. The lowest BCUT2D eigenvalue weighted by atomic mass is 9.49. The van der Waals surface area contributed by atoms with Gasteiger partial charge in [-0.25, -0.2) is 8.42 Å². The Morgan fingerprint density at radius 3 is 2.38 bits per heavy atom. The van der Waals surface area contributed by atoms with E-state index in [1.54, 1.807) is 11.4 Å². The van der Waals surface area contributed by atoms with E-state index in [0.29, 0.717) is 43.1 Å². The summed E-state index contributed by atoms with van der Waals surface area (Å²) in [6.45, 7) is 2.11. The van der Waals surface area contributed by atoms with Crippen LogP contribution >= 0.6 is 11.3 Å². The van der Waals surface area contributed by atoms with Crippen molar-refractivity contribution in [3.8, 4) is 0 Å². The van der Waals surface area contributed by atoms with Crippen molar-refractivity contribution in [1.29, 1.82) is 0 Å². The largest absolute Gasteiger partial charge is 0.379 e. The average Bonchev–Trinajstić information content (AvgIpc) is 3.18. The molecule has 1 aliphatic heterocycles. The van der Waals surface area contributed by atoms with Crippen molar-refractivity contribution in [2.45, 2.75) is 49.8 Å². The van der Waals surface area contributed by atoms with Crippen molar-refractivity contribution in [2.24, 2.45) is 23.2 Å². The normalized spacial score (nSPS) is 34.4. The Bertz CT molecular complexity index is 838. The lowest BCUT2D eigenvalue weighted by Crippen LogP contribution is -2.47. The highest BCUT2D eigenvalue weighted by Crippen LogP contribution is 2.61. The van der Waals surface area contributed by atoms with Crippen LogP contribution in [-0.2, 0) is 14.8 Å². The van der Waals surface area contributed by atoms with Gasteiger partial charge in [0, 0.05) is 19.6 Å². The topological polar surface area (TPSA) is 75.7 Å². The first-order chi connectivity index (χ1) is 14.0. The summed E-state index contributed by atoms with van der Waals surface area (Å²) in [5, 5.41) is 4.74. The minimum Gasteiger partial charge on any atom is -0.379 e. The zero-order valence-corrected chi connectivity index (χ0v) is 18.4. The third-order valence-electron chi connectivity index (χ3n) is 7.53. The molecule has 0 atom stereocenters. The first-order valence-corrected chi connectivity index (χ1v) is 13.2. The fourth-order valence-corrected chi connectivity index (χ4v) is 9.43. The smallest absolute Gasteiger partial charge is 0.262 e. The second kappa shape index (κ2) is 7.62. The predicted octanol–water partition coefficient (Wildman–Crippen LogP) is 3.11. The molecule has 0 spiro atoms. The zero-order valence-electron chi connectivity index (χ0n) is 16.8. The summed E-state index contributed by atoms with van der Waals surface area (Å²) in [6.07, 6.45) is 9.26. The monoisotopic (exact) mass is 438 g/mol. The van der Waals surface area contributed by atoms with Crippen LogP contribution in [0.1, 0.15) is 54.6 Å². The maximum Gasteiger partial charge on any atom is 0.262 e. The standard InChI is InChI=1S/C21H30N2O4S2/c24-20(19-18(1-8-28-19)29(25,26)23-4-6-27-7-5-23)22-3-2-21-12-15-9-16(13-21)11-17(10-15)14-21/h1,8,15-17H,2-7,9-14H2,(H,22,24). The lowest BCUT2D eigenvalue weighted by molar-refractivity contribution is -0.0564. The van der Waals surface area contributed by atoms with Crippen LogP contribution in [0.5, 0.6) is 0 Å². The molecule has 1 aromatic heterocycles. The first kappa shape index (κ1) is 20.0. The van der Waals surface area contributed by atoms with E-state index in [2.05, 4.69) is 5.32 Å². The summed E-state index contributed by atoms with van der Waals surface area (Å²) in [7, 11) is -3.65. The third kappa shape index (κ3) is 3.77. The number of rotatable bonds is 6. The SMILES string of the molecule is O=C(NCCC12CC3CC(CC(C3)C1)C2)c1sccc1S(=O)(=O)N1CCOCC1. The second-order valence-corrected chi connectivity index (χ2v) is 12.4. The molecule has 1 amide bonds. The molecule has 1 aromatic rings. The van der Waals surface area contributed by atoms with Gasteiger partial charge in [-0.1, -0.05) is 0 Å². The molecule has 1 saturated heterocycles. The molecule has 8 heteroatoms. The van der Waals surface area contributed by atoms with Crippen LogP contribution in [0.2, 0.25) is 0 Å². The summed E-state index contributed by atoms with van der Waals surface area (Å²) in [5.41, 5.74) is 0.417. The number of nitrogens with zero attached hydrogens (tertiary/aromatic N) is 1. The number of sulfonamides is 1. The number of carbonyl (C=O) groups is 1. The van der Waals surface area contributed by atoms with Gasteiger partial charge < -0.3 is 10.1 Å². The Hall–Kier alpha value is -0.960. The molecule has 6 nitrogen and oxygen atoms in total. The van der Waals surface area contributed by atoms with Crippen molar-refractivity contribution in [2.75, 3.05) is 32.8 Å². The van der Waals surface area contributed by atoms with Gasteiger partial charge in [-0.2, -0.15) is 4.31 Å². The molecule has 2 heterocycles. The summed E-state index contributed by atoms with van der Waals surface area (Å²) < 4.78 is 32.6. The Balaban J connectivity index is 1.23.